The highest BCUT2D eigenvalue weighted by molar-refractivity contribution is 5.72. The first-order valence-corrected chi connectivity index (χ1v) is 7.60. The Morgan fingerprint density at radius 2 is 1.04 bits per heavy atom. The summed E-state index contributed by atoms with van der Waals surface area (Å²) in [5.41, 5.74) is 8.72. The van der Waals surface area contributed by atoms with E-state index in [-0.39, 0.29) is 17.6 Å². The Morgan fingerprint density at radius 1 is 0.640 bits per heavy atom. The van der Waals surface area contributed by atoms with Crippen molar-refractivity contribution in [1.29, 1.82) is 0 Å². The second kappa shape index (κ2) is 7.49. The zero-order valence-electron chi connectivity index (χ0n) is 13.2. The highest BCUT2D eigenvalue weighted by atomic mass is 19.1. The average molecular weight is 335 g/mol. The molecule has 0 fully saturated rings. The fourth-order valence-electron chi connectivity index (χ4n) is 2.19. The van der Waals surface area contributed by atoms with Gasteiger partial charge in [0.15, 0.2) is 0 Å². The first-order valence-electron chi connectivity index (χ1n) is 7.60. The molecule has 3 rings (SSSR count). The first kappa shape index (κ1) is 16.5. The van der Waals surface area contributed by atoms with Crippen LogP contribution in [-0.2, 0) is 0 Å². The van der Waals surface area contributed by atoms with E-state index in [0.717, 1.165) is 11.1 Å². The number of halogens is 2. The average Bonchev–Trinajstić information content (AvgIpc) is 2.60. The number of nitrogens with two attached hydrogens (primary N) is 1. The SMILES string of the molecule is Nc1nc(C=Cc2ccc(F)cc2)cc(C=Cc2ccc(F)cc2)n1. The summed E-state index contributed by atoms with van der Waals surface area (Å²) in [6.07, 6.45) is 7.18. The lowest BCUT2D eigenvalue weighted by atomic mass is 10.1. The van der Waals surface area contributed by atoms with Gasteiger partial charge >= 0.3 is 0 Å². The molecular formula is C20H15F2N3. The van der Waals surface area contributed by atoms with E-state index in [2.05, 4.69) is 9.97 Å². The van der Waals surface area contributed by atoms with Gasteiger partial charge in [-0.25, -0.2) is 18.7 Å². The summed E-state index contributed by atoms with van der Waals surface area (Å²) >= 11 is 0. The minimum atomic E-state index is -0.281. The van der Waals surface area contributed by atoms with Crippen molar-refractivity contribution in [2.24, 2.45) is 0 Å². The van der Waals surface area contributed by atoms with Crippen LogP contribution in [0.1, 0.15) is 22.5 Å². The van der Waals surface area contributed by atoms with Crippen molar-refractivity contribution >= 4 is 30.3 Å². The van der Waals surface area contributed by atoms with Gasteiger partial charge in [-0.05, 0) is 53.6 Å². The van der Waals surface area contributed by atoms with Gasteiger partial charge < -0.3 is 5.73 Å². The second-order valence-electron chi connectivity index (χ2n) is 5.35. The molecule has 0 aliphatic heterocycles. The Labute approximate surface area is 144 Å². The van der Waals surface area contributed by atoms with Crippen LogP contribution in [0.4, 0.5) is 14.7 Å². The normalized spacial score (nSPS) is 11.4. The maximum Gasteiger partial charge on any atom is 0.221 e. The number of rotatable bonds is 4. The first-order chi connectivity index (χ1) is 12.1. The Kier molecular flexibility index (Phi) is 4.95. The molecule has 2 N–H and O–H groups in total. The number of hydrogen-bond donors (Lipinski definition) is 1. The summed E-state index contributed by atoms with van der Waals surface area (Å²) in [5, 5.41) is 0. The zero-order chi connectivity index (χ0) is 17.6. The number of hydrogen-bond acceptors (Lipinski definition) is 3. The maximum absolute atomic E-state index is 12.9. The summed E-state index contributed by atoms with van der Waals surface area (Å²) in [5.74, 6) is -0.409. The van der Waals surface area contributed by atoms with Gasteiger partial charge in [-0.15, -0.1) is 0 Å². The summed E-state index contributed by atoms with van der Waals surface area (Å²) in [7, 11) is 0. The van der Waals surface area contributed by atoms with Crippen molar-refractivity contribution in [1.82, 2.24) is 9.97 Å². The number of nitrogens with zero attached hydrogens (tertiary/aromatic N) is 2. The van der Waals surface area contributed by atoms with Crippen LogP contribution in [0.5, 0.6) is 0 Å². The Hall–Kier alpha value is -3.34. The minimum absolute atomic E-state index is 0.153. The summed E-state index contributed by atoms with van der Waals surface area (Å²) < 4.78 is 25.8. The molecule has 0 atom stereocenters. The lowest BCUT2D eigenvalue weighted by molar-refractivity contribution is 0.627. The molecule has 0 bridgehead atoms. The summed E-state index contributed by atoms with van der Waals surface area (Å²) in [6, 6.07) is 14.0. The van der Waals surface area contributed by atoms with Crippen LogP contribution >= 0.6 is 0 Å². The van der Waals surface area contributed by atoms with Crippen molar-refractivity contribution in [2.45, 2.75) is 0 Å². The molecule has 3 nitrogen and oxygen atoms in total. The predicted octanol–water partition coefficient (Wildman–Crippen LogP) is 4.68. The van der Waals surface area contributed by atoms with Crippen LogP contribution in [0.2, 0.25) is 0 Å². The lowest BCUT2D eigenvalue weighted by Crippen LogP contribution is -1.98. The van der Waals surface area contributed by atoms with Crippen LogP contribution in [0.25, 0.3) is 24.3 Å². The number of anilines is 1. The highest BCUT2D eigenvalue weighted by Gasteiger charge is 1.98. The van der Waals surface area contributed by atoms with Gasteiger partial charge in [-0.1, -0.05) is 36.4 Å². The topological polar surface area (TPSA) is 51.8 Å². The molecule has 1 heterocycles. The van der Waals surface area contributed by atoms with Crippen LogP contribution in [0.15, 0.2) is 54.6 Å². The van der Waals surface area contributed by atoms with E-state index >= 15 is 0 Å². The minimum Gasteiger partial charge on any atom is -0.368 e. The molecule has 1 aromatic heterocycles. The number of nitrogen functional groups attached to an aromatic ring is 1. The molecule has 0 unspecified atom stereocenters. The Balaban J connectivity index is 1.80. The Morgan fingerprint density at radius 3 is 1.44 bits per heavy atom. The smallest absolute Gasteiger partial charge is 0.221 e. The molecule has 2 aromatic carbocycles. The van der Waals surface area contributed by atoms with Gasteiger partial charge in [0, 0.05) is 0 Å². The predicted molar refractivity (Wildman–Crippen MR) is 97.1 cm³/mol. The van der Waals surface area contributed by atoms with E-state index in [9.17, 15) is 8.78 Å². The van der Waals surface area contributed by atoms with Crippen LogP contribution < -0.4 is 5.73 Å². The molecule has 0 amide bonds. The fourth-order valence-corrected chi connectivity index (χ4v) is 2.19. The highest BCUT2D eigenvalue weighted by Crippen LogP contribution is 2.12. The van der Waals surface area contributed by atoms with Gasteiger partial charge in [0.25, 0.3) is 0 Å². The third kappa shape index (κ3) is 4.81. The monoisotopic (exact) mass is 335 g/mol. The Bertz CT molecular complexity index is 841. The van der Waals surface area contributed by atoms with E-state index < -0.39 is 0 Å². The lowest BCUT2D eigenvalue weighted by Gasteiger charge is -2.00. The molecule has 0 saturated carbocycles. The molecule has 0 spiro atoms. The van der Waals surface area contributed by atoms with E-state index in [1.807, 2.05) is 12.2 Å². The fraction of sp³-hybridized carbons (Fsp3) is 0. The van der Waals surface area contributed by atoms with Gasteiger partial charge in [0.05, 0.1) is 11.4 Å². The zero-order valence-corrected chi connectivity index (χ0v) is 13.2. The molecule has 0 aliphatic rings. The molecule has 0 aliphatic carbocycles. The molecule has 124 valence electrons. The third-order valence-electron chi connectivity index (χ3n) is 3.42. The summed E-state index contributed by atoms with van der Waals surface area (Å²) in [6.45, 7) is 0. The van der Waals surface area contributed by atoms with Crippen molar-refractivity contribution < 1.29 is 8.78 Å². The van der Waals surface area contributed by atoms with Crippen molar-refractivity contribution in [3.05, 3.63) is 88.7 Å². The number of benzene rings is 2. The van der Waals surface area contributed by atoms with Gasteiger partial charge in [0.1, 0.15) is 11.6 Å². The van der Waals surface area contributed by atoms with E-state index in [1.54, 1.807) is 42.5 Å². The molecule has 5 heteroatoms. The van der Waals surface area contributed by atoms with Crippen molar-refractivity contribution in [3.8, 4) is 0 Å². The number of aromatic nitrogens is 2. The van der Waals surface area contributed by atoms with Crippen LogP contribution in [0, 0.1) is 11.6 Å². The van der Waals surface area contributed by atoms with E-state index in [1.165, 1.54) is 24.3 Å². The molecule has 3 aromatic rings. The van der Waals surface area contributed by atoms with Gasteiger partial charge in [0.2, 0.25) is 5.95 Å². The molecular weight excluding hydrogens is 320 g/mol. The molecule has 0 saturated heterocycles. The van der Waals surface area contributed by atoms with Crippen molar-refractivity contribution in [3.63, 3.8) is 0 Å². The van der Waals surface area contributed by atoms with Crippen molar-refractivity contribution in [2.75, 3.05) is 5.73 Å². The maximum atomic E-state index is 12.9. The third-order valence-corrected chi connectivity index (χ3v) is 3.42. The summed E-state index contributed by atoms with van der Waals surface area (Å²) in [4.78, 5) is 8.31. The quantitative estimate of drug-likeness (QED) is 0.753. The second-order valence-corrected chi connectivity index (χ2v) is 5.35. The standard InChI is InChI=1S/C20H15F2N3/c21-16-7-1-14(2-8-16)5-11-18-13-19(25-20(23)24-18)12-6-15-3-9-17(22)10-4-15/h1-13H,(H2,23,24,25). The molecule has 0 radical (unpaired) electrons. The molecule has 25 heavy (non-hydrogen) atoms. The largest absolute Gasteiger partial charge is 0.368 e. The van der Waals surface area contributed by atoms with E-state index in [4.69, 9.17) is 5.73 Å². The van der Waals surface area contributed by atoms with E-state index in [0.29, 0.717) is 11.4 Å². The van der Waals surface area contributed by atoms with Gasteiger partial charge in [-0.3, -0.25) is 0 Å². The van der Waals surface area contributed by atoms with Crippen LogP contribution in [0.3, 0.4) is 0 Å². The van der Waals surface area contributed by atoms with Gasteiger partial charge in [-0.2, -0.15) is 0 Å². The van der Waals surface area contributed by atoms with Crippen LogP contribution in [-0.4, -0.2) is 9.97 Å².